The zero-order chi connectivity index (χ0) is 13.5. The lowest BCUT2D eigenvalue weighted by atomic mass is 10.2. The molecule has 0 radical (unpaired) electrons. The van der Waals surface area contributed by atoms with Gasteiger partial charge in [0.05, 0.1) is 0 Å². The summed E-state index contributed by atoms with van der Waals surface area (Å²) in [5, 5.41) is 6.20. The highest BCUT2D eigenvalue weighted by Crippen LogP contribution is 2.18. The molecule has 0 nitrogen and oxygen atoms in total. The van der Waals surface area contributed by atoms with Gasteiger partial charge in [0.2, 0.25) is 0 Å². The molecule has 2 heteroatoms. The summed E-state index contributed by atoms with van der Waals surface area (Å²) in [5.41, 5.74) is 0. The monoisotopic (exact) mass is 270 g/mol. The fourth-order valence-corrected chi connectivity index (χ4v) is 2.04. The Kier molecular flexibility index (Phi) is 17.0. The molecule has 0 aliphatic rings. The van der Waals surface area contributed by atoms with E-state index in [1.54, 1.807) is 11.3 Å². The maximum absolute atomic E-state index is 2.21. The van der Waals surface area contributed by atoms with Crippen molar-refractivity contribution < 1.29 is 0 Å². The van der Waals surface area contributed by atoms with Crippen molar-refractivity contribution in [2.75, 3.05) is 0 Å². The lowest BCUT2D eigenvalue weighted by Crippen LogP contribution is -1.77. The van der Waals surface area contributed by atoms with E-state index in [0.29, 0.717) is 5.92 Å². The van der Waals surface area contributed by atoms with Crippen LogP contribution in [0.15, 0.2) is 40.4 Å². The van der Waals surface area contributed by atoms with Crippen molar-refractivity contribution in [3.05, 3.63) is 45.3 Å². The van der Waals surface area contributed by atoms with Crippen LogP contribution in [0.1, 0.15) is 52.3 Å². The number of hydrogen-bond acceptors (Lipinski definition) is 2. The predicted molar refractivity (Wildman–Crippen MR) is 85.4 cm³/mol. The van der Waals surface area contributed by atoms with E-state index in [4.69, 9.17) is 0 Å². The van der Waals surface area contributed by atoms with E-state index in [0.717, 1.165) is 0 Å². The van der Waals surface area contributed by atoms with Crippen molar-refractivity contribution in [3.8, 4) is 0 Å². The zero-order valence-corrected chi connectivity index (χ0v) is 13.6. The summed E-state index contributed by atoms with van der Waals surface area (Å²) in [6, 6.07) is 8.31. The van der Waals surface area contributed by atoms with Crippen molar-refractivity contribution in [3.63, 3.8) is 0 Å². The van der Waals surface area contributed by atoms with Crippen LogP contribution in [0.4, 0.5) is 0 Å². The highest BCUT2D eigenvalue weighted by atomic mass is 32.1. The van der Waals surface area contributed by atoms with Crippen molar-refractivity contribution in [1.82, 2.24) is 0 Å². The Labute approximate surface area is 115 Å². The van der Waals surface area contributed by atoms with Gasteiger partial charge < -0.3 is 0 Å². The zero-order valence-electron chi connectivity index (χ0n) is 11.9. The average Bonchev–Trinajstić information content (AvgIpc) is 3.10. The summed E-state index contributed by atoms with van der Waals surface area (Å²) in [4.78, 5) is 1.48. The van der Waals surface area contributed by atoms with Gasteiger partial charge in [-0.15, -0.1) is 11.3 Å². The van der Waals surface area contributed by atoms with Gasteiger partial charge in [-0.25, -0.2) is 0 Å². The van der Waals surface area contributed by atoms with E-state index >= 15 is 0 Å². The van der Waals surface area contributed by atoms with E-state index < -0.39 is 0 Å². The summed E-state index contributed by atoms with van der Waals surface area (Å²) in [6.07, 6.45) is 0. The van der Waals surface area contributed by atoms with E-state index in [9.17, 15) is 0 Å². The first-order valence-corrected chi connectivity index (χ1v) is 8.13. The molecule has 0 aromatic carbocycles. The largest absolute Gasteiger partial charge is 0.152 e. The Morgan fingerprint density at radius 1 is 0.824 bits per heavy atom. The summed E-state index contributed by atoms with van der Waals surface area (Å²) in [7, 11) is 0. The van der Waals surface area contributed by atoms with Crippen molar-refractivity contribution >= 4 is 22.7 Å². The van der Waals surface area contributed by atoms with Gasteiger partial charge in [-0.2, -0.15) is 11.3 Å². The van der Waals surface area contributed by atoms with Crippen molar-refractivity contribution in [2.24, 2.45) is 0 Å². The molecule has 0 amide bonds. The van der Waals surface area contributed by atoms with E-state index in [1.165, 1.54) is 4.88 Å². The van der Waals surface area contributed by atoms with Gasteiger partial charge in [0.15, 0.2) is 0 Å². The Morgan fingerprint density at radius 3 is 1.53 bits per heavy atom. The first-order chi connectivity index (χ1) is 8.30. The van der Waals surface area contributed by atoms with Gasteiger partial charge in [0, 0.05) is 4.88 Å². The SMILES string of the molecule is CC.CC.CC(C)c1cccs1.c1ccsc1. The lowest BCUT2D eigenvalue weighted by Gasteiger charge is -1.95. The van der Waals surface area contributed by atoms with E-state index in [2.05, 4.69) is 31.4 Å². The molecular weight excluding hydrogens is 244 g/mol. The van der Waals surface area contributed by atoms with E-state index in [-0.39, 0.29) is 0 Å². The van der Waals surface area contributed by atoms with Crippen LogP contribution in [-0.4, -0.2) is 0 Å². The Hall–Kier alpha value is -0.600. The first-order valence-electron chi connectivity index (χ1n) is 6.31. The van der Waals surface area contributed by atoms with Crippen LogP contribution in [0.3, 0.4) is 0 Å². The number of rotatable bonds is 1. The van der Waals surface area contributed by atoms with Crippen LogP contribution in [0.2, 0.25) is 0 Å². The minimum atomic E-state index is 0.704. The third-order valence-corrected chi connectivity index (χ3v) is 3.34. The maximum atomic E-state index is 2.21. The number of hydrogen-bond donors (Lipinski definition) is 0. The molecule has 0 aliphatic carbocycles. The van der Waals surface area contributed by atoms with E-state index in [1.807, 2.05) is 61.9 Å². The number of thiophene rings is 2. The molecule has 0 bridgehead atoms. The Morgan fingerprint density at radius 2 is 1.35 bits per heavy atom. The van der Waals surface area contributed by atoms with Crippen LogP contribution in [0, 0.1) is 0 Å². The van der Waals surface area contributed by atoms with Gasteiger partial charge >= 0.3 is 0 Å². The Bertz CT molecular complexity index is 263. The topological polar surface area (TPSA) is 0 Å². The molecule has 0 spiro atoms. The summed E-state index contributed by atoms with van der Waals surface area (Å²) < 4.78 is 0. The van der Waals surface area contributed by atoms with Crippen LogP contribution >= 0.6 is 22.7 Å². The van der Waals surface area contributed by atoms with Crippen LogP contribution in [0.25, 0.3) is 0 Å². The fourth-order valence-electron chi connectivity index (χ4n) is 0.847. The third kappa shape index (κ3) is 11.7. The normalized spacial score (nSPS) is 7.94. The third-order valence-electron chi connectivity index (χ3n) is 1.54. The molecule has 0 saturated carbocycles. The second kappa shape index (κ2) is 15.4. The molecule has 2 heterocycles. The van der Waals surface area contributed by atoms with Crippen LogP contribution in [0.5, 0.6) is 0 Å². The van der Waals surface area contributed by atoms with Gasteiger partial charge in [-0.1, -0.05) is 59.7 Å². The van der Waals surface area contributed by atoms with Gasteiger partial charge in [-0.3, -0.25) is 0 Å². The van der Waals surface area contributed by atoms with Gasteiger partial charge in [0.25, 0.3) is 0 Å². The van der Waals surface area contributed by atoms with Gasteiger partial charge in [0.1, 0.15) is 0 Å². The molecule has 2 rings (SSSR count). The summed E-state index contributed by atoms with van der Waals surface area (Å²) in [6.45, 7) is 12.4. The highest BCUT2D eigenvalue weighted by molar-refractivity contribution is 7.10. The minimum Gasteiger partial charge on any atom is -0.152 e. The Balaban J connectivity index is 0. The summed E-state index contributed by atoms with van der Waals surface area (Å²) in [5.74, 6) is 0.704. The maximum Gasteiger partial charge on any atom is 0.00706 e. The molecule has 2 aromatic heterocycles. The van der Waals surface area contributed by atoms with Crippen molar-refractivity contribution in [1.29, 1.82) is 0 Å². The second-order valence-electron chi connectivity index (χ2n) is 2.96. The molecule has 0 aliphatic heterocycles. The quantitative estimate of drug-likeness (QED) is 0.542. The molecule has 0 unspecified atom stereocenters. The molecule has 2 aromatic rings. The predicted octanol–water partition coefficient (Wildman–Crippen LogP) is 6.67. The smallest absolute Gasteiger partial charge is 0.00706 e. The molecule has 0 atom stereocenters. The van der Waals surface area contributed by atoms with Crippen LogP contribution < -0.4 is 0 Å². The standard InChI is InChI=1S/C7H10S.C4H4S.2C2H6/c1-6(2)7-4-3-5-8-7;1-2-4-5-3-1;2*1-2/h3-6H,1-2H3;1-4H;2*1-2H3. The summed E-state index contributed by atoms with van der Waals surface area (Å²) >= 11 is 3.54. The first kappa shape index (κ1) is 18.8. The highest BCUT2D eigenvalue weighted by Gasteiger charge is 1.95. The van der Waals surface area contributed by atoms with Gasteiger partial charge in [-0.05, 0) is 28.1 Å². The fraction of sp³-hybridized carbons (Fsp3) is 0.467. The molecule has 0 fully saturated rings. The average molecular weight is 271 g/mol. The molecule has 0 saturated heterocycles. The lowest BCUT2D eigenvalue weighted by molar-refractivity contribution is 0.890. The minimum absolute atomic E-state index is 0.704. The molecular formula is C15H26S2. The van der Waals surface area contributed by atoms with Crippen LogP contribution in [-0.2, 0) is 0 Å². The molecule has 17 heavy (non-hydrogen) atoms. The second-order valence-corrected chi connectivity index (χ2v) is 4.76. The molecule has 98 valence electrons. The van der Waals surface area contributed by atoms with Crippen molar-refractivity contribution in [2.45, 2.75) is 47.5 Å². The molecule has 0 N–H and O–H groups in total.